The summed E-state index contributed by atoms with van der Waals surface area (Å²) in [6.45, 7) is 1.32. The molecular weight excluding hydrogens is 380 g/mol. The molecule has 0 radical (unpaired) electrons. The second kappa shape index (κ2) is 9.83. The van der Waals surface area contributed by atoms with Crippen molar-refractivity contribution >= 4 is 23.7 Å². The summed E-state index contributed by atoms with van der Waals surface area (Å²) >= 11 is 0. The molecule has 0 spiro atoms. The Bertz CT molecular complexity index is 958. The Morgan fingerprint density at radius 2 is 1.86 bits per heavy atom. The second-order valence-electron chi connectivity index (χ2n) is 5.85. The van der Waals surface area contributed by atoms with Crippen LogP contribution < -0.4 is 20.2 Å². The summed E-state index contributed by atoms with van der Waals surface area (Å²) < 4.78 is 10.2. The van der Waals surface area contributed by atoms with Gasteiger partial charge in [0.05, 0.1) is 31.9 Å². The van der Waals surface area contributed by atoms with E-state index in [2.05, 4.69) is 15.8 Å². The van der Waals surface area contributed by atoms with E-state index in [-0.39, 0.29) is 12.2 Å². The van der Waals surface area contributed by atoms with Crippen LogP contribution >= 0.6 is 0 Å². The molecule has 0 fully saturated rings. The Kier molecular flexibility index (Phi) is 7.24. The molecule has 2 rings (SSSR count). The van der Waals surface area contributed by atoms with Crippen molar-refractivity contribution in [3.05, 3.63) is 63.2 Å². The minimum Gasteiger partial charge on any atom is -0.493 e. The molecule has 2 aromatic rings. The second-order valence-corrected chi connectivity index (χ2v) is 5.85. The normalized spacial score (nSPS) is 10.4. The van der Waals surface area contributed by atoms with Gasteiger partial charge < -0.3 is 14.8 Å². The zero-order chi connectivity index (χ0) is 21.4. The summed E-state index contributed by atoms with van der Waals surface area (Å²) in [5, 5.41) is 17.1. The Balaban J connectivity index is 1.90. The number of hydrogen-bond donors (Lipinski definition) is 2. The maximum atomic E-state index is 12.2. The van der Waals surface area contributed by atoms with Crippen LogP contribution in [0.2, 0.25) is 0 Å². The number of methoxy groups -OCH3 is 2. The van der Waals surface area contributed by atoms with Crippen molar-refractivity contribution in [1.82, 2.24) is 10.7 Å². The van der Waals surface area contributed by atoms with Crippen LogP contribution in [0.1, 0.15) is 21.5 Å². The molecule has 0 aliphatic heterocycles. The number of nitro groups is 1. The first-order valence-corrected chi connectivity index (χ1v) is 8.43. The Hall–Kier alpha value is -3.95. The van der Waals surface area contributed by atoms with Gasteiger partial charge in [0.25, 0.3) is 17.5 Å². The molecule has 0 aromatic heterocycles. The number of aryl methyl sites for hydroxylation is 1. The van der Waals surface area contributed by atoms with Crippen LogP contribution in [0.15, 0.2) is 41.5 Å². The first-order valence-electron chi connectivity index (χ1n) is 8.43. The molecular formula is C19H20N4O6. The minimum atomic E-state index is -0.559. The summed E-state index contributed by atoms with van der Waals surface area (Å²) in [5.74, 6) is -0.162. The monoisotopic (exact) mass is 400 g/mol. The number of hydrogen-bond acceptors (Lipinski definition) is 7. The average Bonchev–Trinajstić information content (AvgIpc) is 2.72. The molecule has 0 aliphatic carbocycles. The predicted molar refractivity (Wildman–Crippen MR) is 105 cm³/mol. The largest absolute Gasteiger partial charge is 0.493 e. The molecule has 2 aromatic carbocycles. The third-order valence-electron chi connectivity index (χ3n) is 3.89. The van der Waals surface area contributed by atoms with Crippen LogP contribution in [0.4, 0.5) is 5.69 Å². The Morgan fingerprint density at radius 1 is 1.14 bits per heavy atom. The van der Waals surface area contributed by atoms with E-state index in [0.29, 0.717) is 28.2 Å². The van der Waals surface area contributed by atoms with Gasteiger partial charge in [-0.05, 0) is 25.1 Å². The molecule has 10 heteroatoms. The highest BCUT2D eigenvalue weighted by atomic mass is 16.6. The van der Waals surface area contributed by atoms with Crippen LogP contribution in [-0.2, 0) is 4.79 Å². The van der Waals surface area contributed by atoms with E-state index in [1.54, 1.807) is 25.1 Å². The third kappa shape index (κ3) is 5.76. The zero-order valence-electron chi connectivity index (χ0n) is 16.1. The van der Waals surface area contributed by atoms with Gasteiger partial charge in [-0.15, -0.1) is 0 Å². The molecule has 0 atom stereocenters. The SMILES string of the molecule is COc1ccc(C(=O)NCC(=O)N/N=C\c2ccc(C)c([N+](=O)[O-])c2)cc1OC. The highest BCUT2D eigenvalue weighted by Crippen LogP contribution is 2.27. The summed E-state index contributed by atoms with van der Waals surface area (Å²) in [6, 6.07) is 9.19. The number of rotatable bonds is 8. The zero-order valence-corrected chi connectivity index (χ0v) is 16.1. The summed E-state index contributed by atoms with van der Waals surface area (Å²) in [7, 11) is 2.94. The van der Waals surface area contributed by atoms with Crippen LogP contribution in [0.3, 0.4) is 0 Å². The number of carbonyl (C=O) groups is 2. The molecule has 0 saturated carbocycles. The van der Waals surface area contributed by atoms with Crippen LogP contribution in [0.25, 0.3) is 0 Å². The van der Waals surface area contributed by atoms with Crippen molar-refractivity contribution in [2.45, 2.75) is 6.92 Å². The number of carbonyl (C=O) groups excluding carboxylic acids is 2. The number of nitrogens with zero attached hydrogens (tertiary/aromatic N) is 2. The molecule has 0 heterocycles. The van der Waals surface area contributed by atoms with Crippen molar-refractivity contribution in [2.24, 2.45) is 5.10 Å². The lowest BCUT2D eigenvalue weighted by Crippen LogP contribution is -2.34. The van der Waals surface area contributed by atoms with Gasteiger partial charge in [0.1, 0.15) is 0 Å². The van der Waals surface area contributed by atoms with E-state index in [1.807, 2.05) is 0 Å². The lowest BCUT2D eigenvalue weighted by molar-refractivity contribution is -0.385. The first kappa shape index (κ1) is 21.4. The average molecular weight is 400 g/mol. The molecule has 10 nitrogen and oxygen atoms in total. The molecule has 0 bridgehead atoms. The first-order chi connectivity index (χ1) is 13.8. The van der Waals surface area contributed by atoms with E-state index in [4.69, 9.17) is 9.47 Å². The standard InChI is InChI=1S/C19H20N4O6/c1-12-4-5-13(8-15(12)23(26)27)10-21-22-18(24)11-20-19(25)14-6-7-16(28-2)17(9-14)29-3/h4-10H,11H2,1-3H3,(H,20,25)(H,22,24)/b21-10-. The smallest absolute Gasteiger partial charge is 0.272 e. The van der Waals surface area contributed by atoms with Gasteiger partial charge in [0.2, 0.25) is 0 Å². The van der Waals surface area contributed by atoms with Crippen molar-refractivity contribution < 1.29 is 24.0 Å². The number of amides is 2. The quantitative estimate of drug-likeness (QED) is 0.394. The van der Waals surface area contributed by atoms with Crippen LogP contribution in [-0.4, -0.2) is 43.7 Å². The molecule has 2 N–H and O–H groups in total. The van der Waals surface area contributed by atoms with Gasteiger partial charge in [-0.1, -0.05) is 12.1 Å². The fraction of sp³-hybridized carbons (Fsp3) is 0.211. The summed E-state index contributed by atoms with van der Waals surface area (Å²) in [4.78, 5) is 34.4. The van der Waals surface area contributed by atoms with Crippen LogP contribution in [0, 0.1) is 17.0 Å². The van der Waals surface area contributed by atoms with E-state index in [9.17, 15) is 19.7 Å². The van der Waals surface area contributed by atoms with Gasteiger partial charge in [0.15, 0.2) is 11.5 Å². The number of nitro benzene ring substituents is 1. The van der Waals surface area contributed by atoms with Gasteiger partial charge in [0, 0.05) is 22.8 Å². The topological polar surface area (TPSA) is 132 Å². The Labute approximate surface area is 166 Å². The number of nitrogens with one attached hydrogen (secondary N) is 2. The predicted octanol–water partition coefficient (Wildman–Crippen LogP) is 1.80. The van der Waals surface area contributed by atoms with Gasteiger partial charge in [-0.3, -0.25) is 19.7 Å². The lowest BCUT2D eigenvalue weighted by atomic mass is 10.1. The highest BCUT2D eigenvalue weighted by Gasteiger charge is 2.12. The van der Waals surface area contributed by atoms with Crippen molar-refractivity contribution in [3.8, 4) is 11.5 Å². The molecule has 0 saturated heterocycles. The van der Waals surface area contributed by atoms with Gasteiger partial charge >= 0.3 is 0 Å². The van der Waals surface area contributed by atoms with Gasteiger partial charge in [-0.25, -0.2) is 5.43 Å². The van der Waals surface area contributed by atoms with Crippen LogP contribution in [0.5, 0.6) is 11.5 Å². The molecule has 0 aliphatic rings. The maximum absolute atomic E-state index is 12.2. The highest BCUT2D eigenvalue weighted by molar-refractivity contribution is 5.97. The number of ether oxygens (including phenoxy) is 2. The van der Waals surface area contributed by atoms with Gasteiger partial charge in [-0.2, -0.15) is 5.10 Å². The van der Waals surface area contributed by atoms with Crippen molar-refractivity contribution in [2.75, 3.05) is 20.8 Å². The Morgan fingerprint density at radius 3 is 2.52 bits per heavy atom. The fourth-order valence-electron chi connectivity index (χ4n) is 2.36. The molecule has 0 unspecified atom stereocenters. The van der Waals surface area contributed by atoms with Crippen molar-refractivity contribution in [1.29, 1.82) is 0 Å². The van der Waals surface area contributed by atoms with E-state index >= 15 is 0 Å². The minimum absolute atomic E-state index is 0.0394. The number of benzene rings is 2. The fourth-order valence-corrected chi connectivity index (χ4v) is 2.36. The number of hydrazone groups is 1. The van der Waals surface area contributed by atoms with E-state index in [1.165, 1.54) is 38.6 Å². The lowest BCUT2D eigenvalue weighted by Gasteiger charge is -2.09. The van der Waals surface area contributed by atoms with E-state index in [0.717, 1.165) is 0 Å². The third-order valence-corrected chi connectivity index (χ3v) is 3.89. The van der Waals surface area contributed by atoms with E-state index < -0.39 is 16.7 Å². The summed E-state index contributed by atoms with van der Waals surface area (Å²) in [6.07, 6.45) is 1.28. The molecule has 29 heavy (non-hydrogen) atoms. The maximum Gasteiger partial charge on any atom is 0.272 e. The molecule has 2 amide bonds. The molecule has 152 valence electrons. The summed E-state index contributed by atoms with van der Waals surface area (Å²) in [5.41, 5.74) is 3.48. The van der Waals surface area contributed by atoms with Crippen molar-refractivity contribution in [3.63, 3.8) is 0 Å².